The molecule has 0 radical (unpaired) electrons. The van der Waals surface area contributed by atoms with Gasteiger partial charge in [0.1, 0.15) is 17.6 Å². The summed E-state index contributed by atoms with van der Waals surface area (Å²) in [5.41, 5.74) is 3.56. The van der Waals surface area contributed by atoms with Crippen LogP contribution in [0.5, 0.6) is 5.75 Å². The fraction of sp³-hybridized carbons (Fsp3) is 0.292. The minimum Gasteiger partial charge on any atom is -0.495 e. The van der Waals surface area contributed by atoms with Gasteiger partial charge in [-0.2, -0.15) is 10.5 Å². The molecular weight excluding hydrogens is 360 g/mol. The van der Waals surface area contributed by atoms with E-state index in [1.807, 2.05) is 38.2 Å². The van der Waals surface area contributed by atoms with Crippen molar-refractivity contribution < 1.29 is 4.74 Å². The second-order valence-corrected chi connectivity index (χ2v) is 7.27. The van der Waals surface area contributed by atoms with Crippen LogP contribution >= 0.6 is 0 Å². The Labute approximate surface area is 171 Å². The largest absolute Gasteiger partial charge is 0.495 e. The third-order valence-corrected chi connectivity index (χ3v) is 5.34. The minimum absolute atomic E-state index is 0.469. The van der Waals surface area contributed by atoms with Crippen molar-refractivity contribution in [2.45, 2.75) is 32.1 Å². The highest BCUT2D eigenvalue weighted by molar-refractivity contribution is 5.83. The van der Waals surface area contributed by atoms with E-state index in [0.29, 0.717) is 17.7 Å². The quantitative estimate of drug-likeness (QED) is 0.663. The summed E-state index contributed by atoms with van der Waals surface area (Å²) in [6.45, 7) is 4.03. The third-order valence-electron chi connectivity index (χ3n) is 5.34. The van der Waals surface area contributed by atoms with Gasteiger partial charge in [0.25, 0.3) is 0 Å². The molecular formula is C24H24N4O. The molecule has 1 aromatic heterocycles. The first-order valence-corrected chi connectivity index (χ1v) is 9.58. The lowest BCUT2D eigenvalue weighted by molar-refractivity contribution is 0.413. The third kappa shape index (κ3) is 3.86. The van der Waals surface area contributed by atoms with Gasteiger partial charge >= 0.3 is 0 Å². The van der Waals surface area contributed by atoms with Gasteiger partial charge in [-0.1, -0.05) is 25.1 Å². The van der Waals surface area contributed by atoms with E-state index in [4.69, 9.17) is 9.72 Å². The van der Waals surface area contributed by atoms with Crippen molar-refractivity contribution in [2.75, 3.05) is 19.5 Å². The van der Waals surface area contributed by atoms with Crippen LogP contribution in [-0.4, -0.2) is 19.1 Å². The number of ether oxygens (including phenoxy) is 1. The fourth-order valence-electron chi connectivity index (χ4n) is 3.61. The lowest BCUT2D eigenvalue weighted by Crippen LogP contribution is -2.23. The van der Waals surface area contributed by atoms with Crippen LogP contribution in [0.1, 0.15) is 36.1 Å². The molecule has 146 valence electrons. The van der Waals surface area contributed by atoms with E-state index in [0.717, 1.165) is 39.8 Å². The highest BCUT2D eigenvalue weighted by Crippen LogP contribution is 2.32. The molecule has 0 bridgehead atoms. The summed E-state index contributed by atoms with van der Waals surface area (Å²) in [6.07, 6.45) is 1.38. The van der Waals surface area contributed by atoms with Crippen LogP contribution in [0.2, 0.25) is 0 Å². The highest BCUT2D eigenvalue weighted by atomic mass is 16.5. The number of aromatic nitrogens is 1. The molecule has 0 aliphatic rings. The zero-order valence-corrected chi connectivity index (χ0v) is 17.2. The van der Waals surface area contributed by atoms with Crippen LogP contribution < -0.4 is 10.1 Å². The van der Waals surface area contributed by atoms with Gasteiger partial charge < -0.3 is 10.1 Å². The number of aryl methyl sites for hydroxylation is 1. The van der Waals surface area contributed by atoms with Crippen molar-refractivity contribution in [2.24, 2.45) is 0 Å². The van der Waals surface area contributed by atoms with E-state index in [2.05, 4.69) is 30.4 Å². The smallest absolute Gasteiger partial charge is 0.136 e. The van der Waals surface area contributed by atoms with Crippen molar-refractivity contribution in [3.63, 3.8) is 0 Å². The van der Waals surface area contributed by atoms with Crippen LogP contribution in [0.25, 0.3) is 10.9 Å². The SMILES string of the molecule is CCc1cc2ccc(C(C)(C#N)Cc3ccc(OC)c(C#N)c3)cc2nc1NC. The molecule has 29 heavy (non-hydrogen) atoms. The van der Waals surface area contributed by atoms with Crippen LogP contribution in [0, 0.1) is 22.7 Å². The van der Waals surface area contributed by atoms with Gasteiger partial charge in [-0.3, -0.25) is 0 Å². The Morgan fingerprint density at radius 1 is 1.14 bits per heavy atom. The number of nitrogens with zero attached hydrogens (tertiary/aromatic N) is 3. The summed E-state index contributed by atoms with van der Waals surface area (Å²) in [5.74, 6) is 1.40. The highest BCUT2D eigenvalue weighted by Gasteiger charge is 2.28. The molecule has 5 nitrogen and oxygen atoms in total. The first-order valence-electron chi connectivity index (χ1n) is 9.58. The van der Waals surface area contributed by atoms with Gasteiger partial charge in [-0.25, -0.2) is 4.98 Å². The van der Waals surface area contributed by atoms with Crippen LogP contribution in [0.3, 0.4) is 0 Å². The predicted octanol–water partition coefficient (Wildman–Crippen LogP) is 4.74. The summed E-state index contributed by atoms with van der Waals surface area (Å²) >= 11 is 0. The van der Waals surface area contributed by atoms with Gasteiger partial charge in [0, 0.05) is 12.4 Å². The van der Waals surface area contributed by atoms with E-state index in [1.54, 1.807) is 19.2 Å². The van der Waals surface area contributed by atoms with Gasteiger partial charge in [-0.05, 0) is 60.7 Å². The monoisotopic (exact) mass is 384 g/mol. The molecule has 5 heteroatoms. The molecule has 2 aromatic carbocycles. The number of rotatable bonds is 6. The maximum atomic E-state index is 10.0. The lowest BCUT2D eigenvalue weighted by Gasteiger charge is -2.23. The average molecular weight is 384 g/mol. The number of anilines is 1. The Balaban J connectivity index is 2.03. The molecule has 0 amide bonds. The van der Waals surface area contributed by atoms with E-state index in [9.17, 15) is 10.5 Å². The Kier molecular flexibility index (Phi) is 5.71. The van der Waals surface area contributed by atoms with Gasteiger partial charge in [0.15, 0.2) is 0 Å². The van der Waals surface area contributed by atoms with Gasteiger partial charge in [0.2, 0.25) is 0 Å². The molecule has 1 atom stereocenters. The Morgan fingerprint density at radius 3 is 2.55 bits per heavy atom. The molecule has 3 aromatic rings. The first-order chi connectivity index (χ1) is 14.0. The van der Waals surface area contributed by atoms with Crippen LogP contribution in [0.15, 0.2) is 42.5 Å². The van der Waals surface area contributed by atoms with Crippen molar-refractivity contribution in [1.82, 2.24) is 4.98 Å². The minimum atomic E-state index is -0.750. The molecule has 1 N–H and O–H groups in total. The van der Waals surface area contributed by atoms with Crippen molar-refractivity contribution in [1.29, 1.82) is 10.5 Å². The molecule has 0 aliphatic carbocycles. The molecule has 0 saturated heterocycles. The van der Waals surface area contributed by atoms with Crippen molar-refractivity contribution >= 4 is 16.7 Å². The summed E-state index contributed by atoms with van der Waals surface area (Å²) in [4.78, 5) is 4.75. The molecule has 0 spiro atoms. The number of methoxy groups -OCH3 is 1. The Morgan fingerprint density at radius 2 is 1.93 bits per heavy atom. The number of benzene rings is 2. The summed E-state index contributed by atoms with van der Waals surface area (Å²) < 4.78 is 5.22. The fourth-order valence-corrected chi connectivity index (χ4v) is 3.61. The zero-order valence-electron chi connectivity index (χ0n) is 17.2. The summed E-state index contributed by atoms with van der Waals surface area (Å²) in [7, 11) is 3.41. The number of nitriles is 2. The summed E-state index contributed by atoms with van der Waals surface area (Å²) in [5, 5.41) is 23.6. The molecule has 0 saturated carbocycles. The Hall–Kier alpha value is -3.57. The number of fused-ring (bicyclic) bond motifs is 1. The molecule has 1 heterocycles. The van der Waals surface area contributed by atoms with Crippen LogP contribution in [0.4, 0.5) is 5.82 Å². The first kappa shape index (κ1) is 20.2. The average Bonchev–Trinajstić information content (AvgIpc) is 2.77. The summed E-state index contributed by atoms with van der Waals surface area (Å²) in [6, 6.07) is 18.3. The second kappa shape index (κ2) is 8.20. The van der Waals surface area contributed by atoms with E-state index < -0.39 is 5.41 Å². The number of pyridine rings is 1. The van der Waals surface area contributed by atoms with E-state index in [-0.39, 0.29) is 0 Å². The van der Waals surface area contributed by atoms with Gasteiger partial charge in [0.05, 0.1) is 29.7 Å². The topological polar surface area (TPSA) is 81.7 Å². The normalized spacial score (nSPS) is 12.6. The van der Waals surface area contributed by atoms with Crippen LogP contribution in [-0.2, 0) is 18.3 Å². The second-order valence-electron chi connectivity index (χ2n) is 7.27. The van der Waals surface area contributed by atoms with E-state index >= 15 is 0 Å². The lowest BCUT2D eigenvalue weighted by atomic mass is 9.78. The molecule has 0 fully saturated rings. The Bertz CT molecular complexity index is 1140. The van der Waals surface area contributed by atoms with Crippen molar-refractivity contribution in [3.8, 4) is 17.9 Å². The maximum Gasteiger partial charge on any atom is 0.136 e. The number of hydrogen-bond acceptors (Lipinski definition) is 5. The number of nitrogens with one attached hydrogen (secondary N) is 1. The molecule has 1 unspecified atom stereocenters. The molecule has 0 aliphatic heterocycles. The predicted molar refractivity (Wildman–Crippen MR) is 115 cm³/mol. The number of hydrogen-bond donors (Lipinski definition) is 1. The maximum absolute atomic E-state index is 10.0. The van der Waals surface area contributed by atoms with E-state index in [1.165, 1.54) is 0 Å². The van der Waals surface area contributed by atoms with Crippen molar-refractivity contribution in [3.05, 3.63) is 64.7 Å². The van der Waals surface area contributed by atoms with Gasteiger partial charge in [-0.15, -0.1) is 0 Å². The zero-order chi connectivity index (χ0) is 21.0. The standard InChI is InChI=1S/C24H24N4O/c1-5-17-11-18-7-8-20(12-21(18)28-23(17)27-3)24(2,15-26)13-16-6-9-22(29-4)19(10-16)14-25/h6-12H,5,13H2,1-4H3,(H,27,28). The molecule has 3 rings (SSSR count).